The molecule has 0 aliphatic carbocycles. The summed E-state index contributed by atoms with van der Waals surface area (Å²) >= 11 is 4.22. The van der Waals surface area contributed by atoms with E-state index in [-0.39, 0.29) is 17.6 Å². The Kier molecular flexibility index (Phi) is 4.32. The molecule has 1 unspecified atom stereocenters. The Morgan fingerprint density at radius 2 is 1.89 bits per heavy atom. The molecule has 1 aromatic carbocycles. The van der Waals surface area contributed by atoms with Crippen LogP contribution in [-0.2, 0) is 11.2 Å². The van der Waals surface area contributed by atoms with Crippen molar-refractivity contribution in [3.63, 3.8) is 0 Å². The zero-order valence-electron chi connectivity index (χ0n) is 11.0. The molecule has 1 saturated heterocycles. The monoisotopic (exact) mass is 486 g/mol. The third-order valence-corrected chi connectivity index (χ3v) is 5.16. The van der Waals surface area contributed by atoms with Gasteiger partial charge in [-0.05, 0) is 83.1 Å². The van der Waals surface area contributed by atoms with Gasteiger partial charge in [0.05, 0.1) is 18.8 Å². The molecule has 19 heavy (non-hydrogen) atoms. The van der Waals surface area contributed by atoms with Gasteiger partial charge in [-0.1, -0.05) is 0 Å². The van der Waals surface area contributed by atoms with Crippen LogP contribution in [0.3, 0.4) is 0 Å². The third kappa shape index (κ3) is 2.99. The summed E-state index contributed by atoms with van der Waals surface area (Å²) in [6.07, 6.45) is 0.638. The summed E-state index contributed by atoms with van der Waals surface area (Å²) in [5, 5.41) is 13.1. The highest BCUT2D eigenvalue weighted by molar-refractivity contribution is 14.1. The minimum atomic E-state index is -0.307. The summed E-state index contributed by atoms with van der Waals surface area (Å²) in [4.78, 5) is 13.9. The van der Waals surface area contributed by atoms with Gasteiger partial charge >= 0.3 is 0 Å². The molecule has 0 radical (unpaired) electrons. The van der Waals surface area contributed by atoms with Crippen LogP contribution < -0.4 is 5.32 Å². The standard InChI is InChI=1S/C13H16I2N2O2/c1-13(2)16-10(12(19)17(13)3)6-7-4-8(14)11(18)9(15)5-7/h4-5,10,16,18H,6H2,1-3H3. The molecule has 2 N–H and O–H groups in total. The highest BCUT2D eigenvalue weighted by atomic mass is 127. The molecule has 1 fully saturated rings. The maximum atomic E-state index is 12.2. The number of nitrogens with zero attached hydrogens (tertiary/aromatic N) is 1. The van der Waals surface area contributed by atoms with Crippen LogP contribution in [-0.4, -0.2) is 34.7 Å². The molecular weight excluding hydrogens is 470 g/mol. The van der Waals surface area contributed by atoms with E-state index in [1.807, 2.05) is 33.0 Å². The lowest BCUT2D eigenvalue weighted by molar-refractivity contribution is -0.129. The van der Waals surface area contributed by atoms with E-state index in [0.29, 0.717) is 12.2 Å². The predicted octanol–water partition coefficient (Wildman–Crippen LogP) is 2.31. The summed E-state index contributed by atoms with van der Waals surface area (Å²) < 4.78 is 1.63. The Labute approximate surface area is 140 Å². The average molecular weight is 486 g/mol. The molecule has 104 valence electrons. The van der Waals surface area contributed by atoms with E-state index in [0.717, 1.165) is 12.7 Å². The van der Waals surface area contributed by atoms with E-state index in [1.165, 1.54) is 0 Å². The first kappa shape index (κ1) is 15.3. The largest absolute Gasteiger partial charge is 0.506 e. The first-order chi connectivity index (χ1) is 8.72. The normalized spacial score (nSPS) is 22.1. The maximum absolute atomic E-state index is 12.2. The van der Waals surface area contributed by atoms with Gasteiger partial charge in [0.15, 0.2) is 0 Å². The van der Waals surface area contributed by atoms with Gasteiger partial charge in [0.2, 0.25) is 5.91 Å². The van der Waals surface area contributed by atoms with Crippen molar-refractivity contribution in [2.45, 2.75) is 32.0 Å². The lowest BCUT2D eigenvalue weighted by atomic mass is 10.1. The minimum Gasteiger partial charge on any atom is -0.506 e. The Morgan fingerprint density at radius 1 is 1.37 bits per heavy atom. The van der Waals surface area contributed by atoms with E-state index < -0.39 is 0 Å². The predicted molar refractivity (Wildman–Crippen MR) is 91.0 cm³/mol. The first-order valence-electron chi connectivity index (χ1n) is 5.94. The molecule has 1 amide bonds. The van der Waals surface area contributed by atoms with Gasteiger partial charge in [-0.2, -0.15) is 0 Å². The summed E-state index contributed by atoms with van der Waals surface area (Å²) in [7, 11) is 1.82. The number of aromatic hydroxyl groups is 1. The number of rotatable bonds is 2. The Balaban J connectivity index is 2.21. The summed E-state index contributed by atoms with van der Waals surface area (Å²) in [5.41, 5.74) is 0.752. The van der Waals surface area contributed by atoms with Crippen molar-refractivity contribution in [2.24, 2.45) is 0 Å². The highest BCUT2D eigenvalue weighted by Crippen LogP contribution is 2.29. The van der Waals surface area contributed by atoms with Crippen LogP contribution in [0.4, 0.5) is 0 Å². The summed E-state index contributed by atoms with van der Waals surface area (Å²) in [6.45, 7) is 3.99. The molecule has 1 heterocycles. The molecule has 2 rings (SSSR count). The number of carbonyl (C=O) groups is 1. The van der Waals surface area contributed by atoms with Gasteiger partial charge in [0, 0.05) is 7.05 Å². The Bertz CT molecular complexity index is 508. The molecule has 4 nitrogen and oxygen atoms in total. The smallest absolute Gasteiger partial charge is 0.241 e. The van der Waals surface area contributed by atoms with Gasteiger partial charge < -0.3 is 10.0 Å². The van der Waals surface area contributed by atoms with E-state index >= 15 is 0 Å². The number of likely N-dealkylation sites (N-methyl/N-ethyl adjacent to an activating group) is 1. The average Bonchev–Trinajstić information content (AvgIpc) is 2.50. The van der Waals surface area contributed by atoms with Crippen LogP contribution in [0.5, 0.6) is 5.75 Å². The number of phenolic OH excluding ortho intramolecular Hbond substituents is 1. The topological polar surface area (TPSA) is 52.6 Å². The number of amides is 1. The first-order valence-corrected chi connectivity index (χ1v) is 8.10. The molecule has 1 aliphatic heterocycles. The van der Waals surface area contributed by atoms with E-state index in [4.69, 9.17) is 0 Å². The summed E-state index contributed by atoms with van der Waals surface area (Å²) in [5.74, 6) is 0.427. The lowest BCUT2D eigenvalue weighted by Crippen LogP contribution is -2.45. The summed E-state index contributed by atoms with van der Waals surface area (Å²) in [6, 6.07) is 3.66. The van der Waals surface area contributed by atoms with Gasteiger partial charge in [-0.25, -0.2) is 0 Å². The quantitative estimate of drug-likeness (QED) is 0.632. The van der Waals surface area contributed by atoms with Gasteiger partial charge in [0.25, 0.3) is 0 Å². The number of hydrogen-bond donors (Lipinski definition) is 2. The van der Waals surface area contributed by atoms with Crippen LogP contribution in [0.1, 0.15) is 19.4 Å². The van der Waals surface area contributed by atoms with Crippen molar-refractivity contribution in [2.75, 3.05) is 7.05 Å². The maximum Gasteiger partial charge on any atom is 0.241 e. The van der Waals surface area contributed by atoms with Crippen molar-refractivity contribution < 1.29 is 9.90 Å². The van der Waals surface area contributed by atoms with Crippen LogP contribution in [0, 0.1) is 7.14 Å². The Hall–Kier alpha value is -0.0900. The molecule has 6 heteroatoms. The van der Waals surface area contributed by atoms with Crippen LogP contribution in [0.25, 0.3) is 0 Å². The number of halogens is 2. The fraction of sp³-hybridized carbons (Fsp3) is 0.462. The zero-order chi connectivity index (χ0) is 14.4. The second-order valence-electron chi connectivity index (χ2n) is 5.27. The van der Waals surface area contributed by atoms with Crippen molar-refractivity contribution in [1.29, 1.82) is 0 Å². The van der Waals surface area contributed by atoms with E-state index in [1.54, 1.807) is 4.90 Å². The van der Waals surface area contributed by atoms with Crippen molar-refractivity contribution in [3.8, 4) is 5.75 Å². The van der Waals surface area contributed by atoms with Crippen LogP contribution in [0.2, 0.25) is 0 Å². The molecule has 0 bridgehead atoms. The van der Waals surface area contributed by atoms with E-state index in [2.05, 4.69) is 50.5 Å². The molecule has 0 saturated carbocycles. The lowest BCUT2D eigenvalue weighted by Gasteiger charge is -2.27. The molecule has 1 atom stereocenters. The number of hydrogen-bond acceptors (Lipinski definition) is 3. The van der Waals surface area contributed by atoms with E-state index in [9.17, 15) is 9.90 Å². The minimum absolute atomic E-state index is 0.114. The third-order valence-electron chi connectivity index (χ3n) is 3.51. The molecule has 1 aromatic rings. The molecule has 0 aromatic heterocycles. The number of benzene rings is 1. The van der Waals surface area contributed by atoms with Gasteiger partial charge in [-0.3, -0.25) is 10.1 Å². The van der Waals surface area contributed by atoms with Crippen molar-refractivity contribution in [3.05, 3.63) is 24.8 Å². The van der Waals surface area contributed by atoms with Crippen molar-refractivity contribution >= 4 is 51.1 Å². The number of carbonyl (C=O) groups excluding carboxylic acids is 1. The second-order valence-corrected chi connectivity index (χ2v) is 7.59. The van der Waals surface area contributed by atoms with Gasteiger partial charge in [0.1, 0.15) is 5.75 Å². The molecule has 0 spiro atoms. The fourth-order valence-corrected chi connectivity index (χ4v) is 4.10. The molecular formula is C13H16I2N2O2. The van der Waals surface area contributed by atoms with Gasteiger partial charge in [-0.15, -0.1) is 0 Å². The SMILES string of the molecule is CN1C(=O)C(Cc2cc(I)c(O)c(I)c2)NC1(C)C. The Morgan fingerprint density at radius 3 is 2.32 bits per heavy atom. The number of nitrogens with one attached hydrogen (secondary N) is 1. The van der Waals surface area contributed by atoms with Crippen LogP contribution >= 0.6 is 45.2 Å². The van der Waals surface area contributed by atoms with Crippen LogP contribution in [0.15, 0.2) is 12.1 Å². The zero-order valence-corrected chi connectivity index (χ0v) is 15.3. The second kappa shape index (κ2) is 5.36. The van der Waals surface area contributed by atoms with Crippen molar-refractivity contribution in [1.82, 2.24) is 10.2 Å². The number of phenols is 1. The fourth-order valence-electron chi connectivity index (χ4n) is 2.20. The molecule has 1 aliphatic rings. The highest BCUT2D eigenvalue weighted by Gasteiger charge is 2.41.